The van der Waals surface area contributed by atoms with Crippen LogP contribution < -0.4 is 0 Å². The van der Waals surface area contributed by atoms with E-state index in [2.05, 4.69) is 20.9 Å². The molecule has 1 saturated carbocycles. The Morgan fingerprint density at radius 2 is 2.18 bits per heavy atom. The summed E-state index contributed by atoms with van der Waals surface area (Å²) in [6.07, 6.45) is 5.26. The molecular formula is C13H16BrNO2. The number of aliphatic imine (C=N–C) groups is 1. The molecule has 0 heterocycles. The number of aromatic hydroxyl groups is 1. The van der Waals surface area contributed by atoms with Gasteiger partial charge in [-0.25, -0.2) is 0 Å². The number of aliphatic hydroxyl groups is 1. The van der Waals surface area contributed by atoms with Gasteiger partial charge in [0.25, 0.3) is 0 Å². The minimum Gasteiger partial charge on any atom is -0.508 e. The van der Waals surface area contributed by atoms with E-state index in [-0.39, 0.29) is 17.9 Å². The Morgan fingerprint density at radius 1 is 1.35 bits per heavy atom. The third-order valence-electron chi connectivity index (χ3n) is 3.02. The lowest BCUT2D eigenvalue weighted by molar-refractivity contribution is 0.121. The van der Waals surface area contributed by atoms with E-state index in [1.54, 1.807) is 24.4 Å². The third kappa shape index (κ3) is 3.54. The number of benzene rings is 1. The summed E-state index contributed by atoms with van der Waals surface area (Å²) in [5, 5.41) is 18.9. The molecule has 0 saturated heterocycles. The topological polar surface area (TPSA) is 52.8 Å². The second kappa shape index (κ2) is 5.65. The Hall–Kier alpha value is -0.870. The summed E-state index contributed by atoms with van der Waals surface area (Å²) in [5.74, 6) is 0.235. The standard InChI is InChI=1S/C13H16BrNO2/c14-13-5-4-12(17)6-9(13)8-15-10-2-1-3-11(16)7-10/h4-6,8,10-11,16-17H,1-3,7H2/t10-,11+/m0/s1. The third-order valence-corrected chi connectivity index (χ3v) is 3.75. The largest absolute Gasteiger partial charge is 0.508 e. The van der Waals surface area contributed by atoms with Crippen LogP contribution in [-0.2, 0) is 0 Å². The Morgan fingerprint density at radius 3 is 2.94 bits per heavy atom. The summed E-state index contributed by atoms with van der Waals surface area (Å²) in [6, 6.07) is 5.30. The quantitative estimate of drug-likeness (QED) is 0.825. The molecule has 1 aliphatic carbocycles. The summed E-state index contributed by atoms with van der Waals surface area (Å²) in [6.45, 7) is 0. The van der Waals surface area contributed by atoms with Crippen LogP contribution in [0.25, 0.3) is 0 Å². The maximum Gasteiger partial charge on any atom is 0.116 e. The first-order valence-corrected chi connectivity index (χ1v) is 6.64. The minimum absolute atomic E-state index is 0.202. The van der Waals surface area contributed by atoms with Gasteiger partial charge in [0, 0.05) is 16.3 Å². The zero-order chi connectivity index (χ0) is 12.3. The van der Waals surface area contributed by atoms with Crippen molar-refractivity contribution >= 4 is 22.1 Å². The SMILES string of the molecule is Oc1ccc(Br)c(C=N[C@H]2CCC[C@@H](O)C2)c1. The average molecular weight is 298 g/mol. The number of rotatable bonds is 2. The fourth-order valence-corrected chi connectivity index (χ4v) is 2.44. The summed E-state index contributed by atoms with van der Waals surface area (Å²) in [5.41, 5.74) is 0.866. The van der Waals surface area contributed by atoms with Crippen LogP contribution in [0, 0.1) is 0 Å². The van der Waals surface area contributed by atoms with Gasteiger partial charge < -0.3 is 10.2 Å². The van der Waals surface area contributed by atoms with Gasteiger partial charge in [0.2, 0.25) is 0 Å². The van der Waals surface area contributed by atoms with Crippen LogP contribution in [0.3, 0.4) is 0 Å². The molecule has 0 radical (unpaired) electrons. The van der Waals surface area contributed by atoms with Gasteiger partial charge in [0.05, 0.1) is 12.1 Å². The van der Waals surface area contributed by atoms with Crippen molar-refractivity contribution < 1.29 is 10.2 Å². The summed E-state index contributed by atoms with van der Waals surface area (Å²) in [4.78, 5) is 4.48. The van der Waals surface area contributed by atoms with Crippen LogP contribution in [0.2, 0.25) is 0 Å². The highest BCUT2D eigenvalue weighted by Crippen LogP contribution is 2.23. The molecule has 1 aromatic carbocycles. The summed E-state index contributed by atoms with van der Waals surface area (Å²) in [7, 11) is 0. The van der Waals surface area contributed by atoms with Crippen molar-refractivity contribution in [2.24, 2.45) is 4.99 Å². The van der Waals surface area contributed by atoms with Crippen LogP contribution in [0.5, 0.6) is 5.75 Å². The van der Waals surface area contributed by atoms with Crippen LogP contribution in [0.1, 0.15) is 31.2 Å². The maximum atomic E-state index is 9.55. The molecule has 1 aromatic rings. The van der Waals surface area contributed by atoms with Gasteiger partial charge in [-0.05, 0) is 43.9 Å². The minimum atomic E-state index is -0.210. The molecule has 0 aliphatic heterocycles. The van der Waals surface area contributed by atoms with Gasteiger partial charge in [0.15, 0.2) is 0 Å². The van der Waals surface area contributed by atoms with Crippen molar-refractivity contribution in [1.82, 2.24) is 0 Å². The molecule has 3 nitrogen and oxygen atoms in total. The zero-order valence-electron chi connectivity index (χ0n) is 9.51. The number of aliphatic hydroxyl groups excluding tert-OH is 1. The second-order valence-corrected chi connectivity index (χ2v) is 5.31. The number of phenolic OH excluding ortho intramolecular Hbond substituents is 1. The van der Waals surface area contributed by atoms with Crippen molar-refractivity contribution in [3.63, 3.8) is 0 Å². The average Bonchev–Trinajstić information content (AvgIpc) is 2.30. The van der Waals surface area contributed by atoms with Gasteiger partial charge in [0.1, 0.15) is 5.75 Å². The predicted octanol–water partition coefficient (Wildman–Crippen LogP) is 2.88. The van der Waals surface area contributed by atoms with Crippen LogP contribution in [-0.4, -0.2) is 28.6 Å². The van der Waals surface area contributed by atoms with Crippen LogP contribution in [0.15, 0.2) is 27.7 Å². The van der Waals surface area contributed by atoms with Crippen LogP contribution >= 0.6 is 15.9 Å². The number of phenols is 1. The number of hydrogen-bond donors (Lipinski definition) is 2. The van der Waals surface area contributed by atoms with Gasteiger partial charge in [-0.3, -0.25) is 4.99 Å². The van der Waals surface area contributed by atoms with Gasteiger partial charge in [-0.1, -0.05) is 15.9 Å². The Bertz CT molecular complexity index is 420. The molecule has 0 aromatic heterocycles. The van der Waals surface area contributed by atoms with Crippen LogP contribution in [0.4, 0.5) is 0 Å². The van der Waals surface area contributed by atoms with E-state index in [4.69, 9.17) is 0 Å². The molecule has 4 heteroatoms. The van der Waals surface area contributed by atoms with Gasteiger partial charge in [-0.2, -0.15) is 0 Å². The second-order valence-electron chi connectivity index (χ2n) is 4.46. The Labute approximate surface area is 109 Å². The van der Waals surface area contributed by atoms with E-state index in [1.165, 1.54) is 0 Å². The summed E-state index contributed by atoms with van der Waals surface area (Å²) < 4.78 is 0.912. The van der Waals surface area contributed by atoms with Crippen molar-refractivity contribution in [2.75, 3.05) is 0 Å². The molecule has 0 unspecified atom stereocenters. The normalized spacial score (nSPS) is 25.3. The number of nitrogens with zero attached hydrogens (tertiary/aromatic N) is 1. The number of halogens is 1. The highest BCUT2D eigenvalue weighted by atomic mass is 79.9. The molecule has 0 bridgehead atoms. The maximum absolute atomic E-state index is 9.55. The van der Waals surface area contributed by atoms with E-state index >= 15 is 0 Å². The van der Waals surface area contributed by atoms with Gasteiger partial charge >= 0.3 is 0 Å². The number of hydrogen-bond acceptors (Lipinski definition) is 3. The van der Waals surface area contributed by atoms with E-state index in [1.807, 2.05) is 0 Å². The predicted molar refractivity (Wildman–Crippen MR) is 71.7 cm³/mol. The molecule has 0 amide bonds. The van der Waals surface area contributed by atoms with E-state index in [0.717, 1.165) is 35.7 Å². The molecule has 2 N–H and O–H groups in total. The lowest BCUT2D eigenvalue weighted by Gasteiger charge is -2.22. The molecule has 2 atom stereocenters. The zero-order valence-corrected chi connectivity index (χ0v) is 11.1. The fraction of sp³-hybridized carbons (Fsp3) is 0.462. The first-order chi connectivity index (χ1) is 8.15. The molecule has 1 fully saturated rings. The monoisotopic (exact) mass is 297 g/mol. The van der Waals surface area contributed by atoms with E-state index in [0.29, 0.717) is 0 Å². The fourth-order valence-electron chi connectivity index (χ4n) is 2.09. The Balaban J connectivity index is 2.06. The first kappa shape index (κ1) is 12.6. The van der Waals surface area contributed by atoms with Crippen molar-refractivity contribution in [3.8, 4) is 5.75 Å². The highest BCUT2D eigenvalue weighted by Gasteiger charge is 2.18. The Kier molecular flexibility index (Phi) is 4.18. The lowest BCUT2D eigenvalue weighted by atomic mass is 9.93. The molecule has 0 spiro atoms. The molecule has 1 aliphatic rings. The molecule has 2 rings (SSSR count). The van der Waals surface area contributed by atoms with E-state index in [9.17, 15) is 10.2 Å². The van der Waals surface area contributed by atoms with Gasteiger partial charge in [-0.15, -0.1) is 0 Å². The molecular weight excluding hydrogens is 282 g/mol. The van der Waals surface area contributed by atoms with E-state index < -0.39 is 0 Å². The van der Waals surface area contributed by atoms with Crippen molar-refractivity contribution in [2.45, 2.75) is 37.8 Å². The first-order valence-electron chi connectivity index (χ1n) is 5.85. The molecule has 92 valence electrons. The van der Waals surface area contributed by atoms with Crippen molar-refractivity contribution in [1.29, 1.82) is 0 Å². The molecule has 17 heavy (non-hydrogen) atoms. The smallest absolute Gasteiger partial charge is 0.116 e. The summed E-state index contributed by atoms with van der Waals surface area (Å²) >= 11 is 3.42. The highest BCUT2D eigenvalue weighted by molar-refractivity contribution is 9.10. The van der Waals surface area contributed by atoms with Crippen molar-refractivity contribution in [3.05, 3.63) is 28.2 Å². The lowest BCUT2D eigenvalue weighted by Crippen LogP contribution is -2.22.